The Labute approximate surface area is 185 Å². The number of amidine groups is 1. The predicted octanol–water partition coefficient (Wildman–Crippen LogP) is 4.51. The molecule has 4 rings (SSSR count). The first-order valence-electron chi connectivity index (χ1n) is 9.08. The van der Waals surface area contributed by atoms with Crippen molar-refractivity contribution in [1.29, 1.82) is 0 Å². The van der Waals surface area contributed by atoms with Gasteiger partial charge in [0.25, 0.3) is 0 Å². The van der Waals surface area contributed by atoms with Crippen molar-refractivity contribution in [2.24, 2.45) is 4.99 Å². The lowest BCUT2D eigenvalue weighted by Crippen LogP contribution is -2.34. The molecular formula is C22H18Cl2N2O3S. The van der Waals surface area contributed by atoms with Crippen LogP contribution in [0.1, 0.15) is 11.1 Å². The van der Waals surface area contributed by atoms with Crippen LogP contribution in [0.4, 0.5) is 5.69 Å². The molecule has 154 valence electrons. The number of hydrogen-bond acceptors (Lipinski definition) is 5. The lowest BCUT2D eigenvalue weighted by Gasteiger charge is -2.24. The van der Waals surface area contributed by atoms with Crippen LogP contribution < -0.4 is 4.90 Å². The molecule has 0 aliphatic carbocycles. The summed E-state index contributed by atoms with van der Waals surface area (Å²) in [5.74, 6) is 0.514. The van der Waals surface area contributed by atoms with E-state index >= 15 is 0 Å². The maximum atomic E-state index is 11.8. The molecule has 1 aliphatic heterocycles. The fourth-order valence-electron chi connectivity index (χ4n) is 3.37. The van der Waals surface area contributed by atoms with Crippen LogP contribution in [0.15, 0.2) is 82.7 Å². The van der Waals surface area contributed by atoms with Crippen molar-refractivity contribution in [3.8, 4) is 0 Å². The summed E-state index contributed by atoms with van der Waals surface area (Å²) in [6.07, 6.45) is 1.16. The molecule has 0 fully saturated rings. The van der Waals surface area contributed by atoms with Crippen LogP contribution in [0.25, 0.3) is 0 Å². The largest absolute Gasteiger partial charge is 0.364 e. The summed E-state index contributed by atoms with van der Waals surface area (Å²) in [4.78, 5) is 6.71. The Bertz CT molecular complexity index is 1230. The quantitative estimate of drug-likeness (QED) is 0.621. The molecule has 0 saturated carbocycles. The third kappa shape index (κ3) is 4.09. The number of nitrogens with zero attached hydrogens (tertiary/aromatic N) is 2. The van der Waals surface area contributed by atoms with E-state index in [9.17, 15) is 13.5 Å². The zero-order valence-electron chi connectivity index (χ0n) is 16.0. The number of rotatable bonds is 4. The minimum atomic E-state index is -3.32. The monoisotopic (exact) mass is 460 g/mol. The molecule has 1 atom stereocenters. The highest BCUT2D eigenvalue weighted by atomic mass is 35.5. The molecule has 1 unspecified atom stereocenters. The molecule has 0 bridgehead atoms. The van der Waals surface area contributed by atoms with Crippen LogP contribution in [0.5, 0.6) is 0 Å². The summed E-state index contributed by atoms with van der Waals surface area (Å²) in [5.41, 5.74) is 0.519. The third-order valence-electron chi connectivity index (χ3n) is 4.89. The van der Waals surface area contributed by atoms with E-state index in [4.69, 9.17) is 23.2 Å². The zero-order chi connectivity index (χ0) is 21.5. The number of aliphatic hydroxyl groups is 1. The minimum Gasteiger partial charge on any atom is -0.364 e. The summed E-state index contributed by atoms with van der Waals surface area (Å²) in [6, 6.07) is 20.6. The van der Waals surface area contributed by atoms with Gasteiger partial charge in [-0.1, -0.05) is 35.3 Å². The van der Waals surface area contributed by atoms with Gasteiger partial charge in [0.15, 0.2) is 9.84 Å². The Morgan fingerprint density at radius 2 is 1.63 bits per heavy atom. The first-order valence-corrected chi connectivity index (χ1v) is 11.7. The van der Waals surface area contributed by atoms with Crippen molar-refractivity contribution in [2.75, 3.05) is 17.7 Å². The average molecular weight is 461 g/mol. The van der Waals surface area contributed by atoms with Crippen LogP contribution >= 0.6 is 23.2 Å². The predicted molar refractivity (Wildman–Crippen MR) is 120 cm³/mol. The van der Waals surface area contributed by atoms with E-state index in [0.29, 0.717) is 27.0 Å². The summed E-state index contributed by atoms with van der Waals surface area (Å²) >= 11 is 12.2. The van der Waals surface area contributed by atoms with E-state index in [-0.39, 0.29) is 11.4 Å². The third-order valence-corrected chi connectivity index (χ3v) is 6.51. The van der Waals surface area contributed by atoms with Crippen LogP contribution in [0.3, 0.4) is 0 Å². The maximum Gasteiger partial charge on any atom is 0.202 e. The molecule has 0 spiro atoms. The van der Waals surface area contributed by atoms with Crippen LogP contribution in [-0.4, -0.2) is 32.2 Å². The smallest absolute Gasteiger partial charge is 0.202 e. The lowest BCUT2D eigenvalue weighted by molar-refractivity contribution is 0.0648. The average Bonchev–Trinajstić information content (AvgIpc) is 3.07. The van der Waals surface area contributed by atoms with E-state index in [0.717, 1.165) is 11.9 Å². The molecule has 0 aromatic heterocycles. The second-order valence-electron chi connectivity index (χ2n) is 7.12. The first kappa shape index (κ1) is 20.9. The van der Waals surface area contributed by atoms with Crippen LogP contribution in [-0.2, 0) is 15.6 Å². The maximum absolute atomic E-state index is 11.8. The molecule has 3 aromatic carbocycles. The number of halogens is 2. The Hall–Kier alpha value is -2.38. The second-order valence-corrected chi connectivity index (χ2v) is 10.0. The van der Waals surface area contributed by atoms with E-state index in [1.807, 2.05) is 17.0 Å². The van der Waals surface area contributed by atoms with E-state index in [1.54, 1.807) is 48.5 Å². The fraction of sp³-hybridized carbons (Fsp3) is 0.136. The molecule has 30 heavy (non-hydrogen) atoms. The number of benzene rings is 3. The van der Waals surface area contributed by atoms with Gasteiger partial charge < -0.3 is 10.0 Å². The van der Waals surface area contributed by atoms with Gasteiger partial charge >= 0.3 is 0 Å². The molecule has 0 amide bonds. The van der Waals surface area contributed by atoms with Crippen molar-refractivity contribution < 1.29 is 13.5 Å². The summed E-state index contributed by atoms with van der Waals surface area (Å²) in [7, 11) is -3.32. The van der Waals surface area contributed by atoms with Gasteiger partial charge in [-0.3, -0.25) is 0 Å². The normalized spacial score (nSPS) is 19.1. The molecule has 1 aliphatic rings. The van der Waals surface area contributed by atoms with Gasteiger partial charge in [-0.2, -0.15) is 0 Å². The SMILES string of the molecule is CS(=O)(=O)c1ccc(C2=NC(O)(c3cccc(Cl)c3)CN2c2ccc(Cl)cc2)cc1. The van der Waals surface area contributed by atoms with E-state index < -0.39 is 15.6 Å². The number of β-amino-alcohol motifs (C(OH)–C–C–N with tert-alkyl or cyclic N) is 1. The summed E-state index contributed by atoms with van der Waals surface area (Å²) < 4.78 is 23.6. The van der Waals surface area contributed by atoms with Gasteiger partial charge in [-0.15, -0.1) is 0 Å². The molecule has 3 aromatic rings. The fourth-order valence-corrected chi connectivity index (χ4v) is 4.31. The molecule has 0 radical (unpaired) electrons. The van der Waals surface area contributed by atoms with E-state index in [2.05, 4.69) is 4.99 Å². The summed E-state index contributed by atoms with van der Waals surface area (Å²) in [6.45, 7) is 0.165. The Balaban J connectivity index is 1.82. The minimum absolute atomic E-state index is 0.165. The Kier molecular flexibility index (Phi) is 5.36. The molecule has 1 N–H and O–H groups in total. The van der Waals surface area contributed by atoms with Crippen molar-refractivity contribution in [3.63, 3.8) is 0 Å². The Morgan fingerprint density at radius 1 is 0.967 bits per heavy atom. The highest BCUT2D eigenvalue weighted by Gasteiger charge is 2.40. The topological polar surface area (TPSA) is 70.0 Å². The van der Waals surface area contributed by atoms with Gasteiger partial charge in [0.05, 0.1) is 11.4 Å². The lowest BCUT2D eigenvalue weighted by atomic mass is 10.0. The van der Waals surface area contributed by atoms with Crippen molar-refractivity contribution in [2.45, 2.75) is 10.6 Å². The number of hydrogen-bond donors (Lipinski definition) is 1. The van der Waals surface area contributed by atoms with Gasteiger partial charge in [-0.25, -0.2) is 13.4 Å². The van der Waals surface area contributed by atoms with Crippen LogP contribution in [0.2, 0.25) is 10.0 Å². The van der Waals surface area contributed by atoms with Crippen LogP contribution in [0, 0.1) is 0 Å². The van der Waals surface area contributed by atoms with Gasteiger partial charge in [0.1, 0.15) is 5.84 Å². The highest BCUT2D eigenvalue weighted by Crippen LogP contribution is 2.36. The van der Waals surface area contributed by atoms with Crippen molar-refractivity contribution >= 4 is 44.6 Å². The molecule has 1 heterocycles. The van der Waals surface area contributed by atoms with Gasteiger partial charge in [-0.05, 0) is 60.7 Å². The number of anilines is 1. The van der Waals surface area contributed by atoms with Crippen molar-refractivity contribution in [3.05, 3.63) is 94.0 Å². The molecule has 0 saturated heterocycles. The Morgan fingerprint density at radius 3 is 2.23 bits per heavy atom. The number of sulfone groups is 1. The number of aliphatic imine (C=N–C) groups is 1. The van der Waals surface area contributed by atoms with Gasteiger partial charge in [0, 0.05) is 33.1 Å². The molecule has 8 heteroatoms. The molecule has 5 nitrogen and oxygen atoms in total. The standard InChI is InChI=1S/C22H18Cl2N2O3S/c1-30(28,29)20-11-5-15(6-12-20)21-25-22(27,16-3-2-4-18(24)13-16)14-26(21)19-9-7-17(23)8-10-19/h2-13,27H,14H2,1H3. The summed E-state index contributed by atoms with van der Waals surface area (Å²) in [5, 5.41) is 12.5. The zero-order valence-corrected chi connectivity index (χ0v) is 18.3. The van der Waals surface area contributed by atoms with Gasteiger partial charge in [0.2, 0.25) is 5.72 Å². The first-order chi connectivity index (χ1) is 14.2. The van der Waals surface area contributed by atoms with E-state index in [1.165, 1.54) is 12.1 Å². The highest BCUT2D eigenvalue weighted by molar-refractivity contribution is 7.90. The van der Waals surface area contributed by atoms with Crippen molar-refractivity contribution in [1.82, 2.24) is 0 Å². The second kappa shape index (κ2) is 7.71. The molecular weight excluding hydrogens is 443 g/mol.